The minimum atomic E-state index is -0.332. The molecule has 2 rings (SSSR count). The molecule has 0 aliphatic heterocycles. The number of aryl methyl sites for hydroxylation is 1. The van der Waals surface area contributed by atoms with Gasteiger partial charge in [-0.3, -0.25) is 4.79 Å². The number of methoxy groups -OCH3 is 2. The summed E-state index contributed by atoms with van der Waals surface area (Å²) in [6.07, 6.45) is 0. The van der Waals surface area contributed by atoms with Crippen molar-refractivity contribution >= 4 is 23.2 Å². The first-order chi connectivity index (χ1) is 10.0. The van der Waals surface area contributed by atoms with Gasteiger partial charge < -0.3 is 14.8 Å². The lowest BCUT2D eigenvalue weighted by Gasteiger charge is -2.13. The zero-order valence-corrected chi connectivity index (χ0v) is 12.7. The standard InChI is InChI=1S/C15H15ClN2O3/c1-9-5-4-6-11(17-9)15(19)18-12-8-13(20-2)10(16)7-14(12)21-3/h4-8H,1-3H3,(H,18,19). The maximum absolute atomic E-state index is 12.2. The van der Waals surface area contributed by atoms with Gasteiger partial charge in [0.2, 0.25) is 0 Å². The van der Waals surface area contributed by atoms with Gasteiger partial charge in [-0.05, 0) is 19.1 Å². The second-order valence-electron chi connectivity index (χ2n) is 4.31. The van der Waals surface area contributed by atoms with Crippen molar-refractivity contribution in [2.75, 3.05) is 19.5 Å². The quantitative estimate of drug-likeness (QED) is 0.941. The summed E-state index contributed by atoms with van der Waals surface area (Å²) in [5.74, 6) is 0.563. The van der Waals surface area contributed by atoms with Crippen LogP contribution in [0.4, 0.5) is 5.69 Å². The van der Waals surface area contributed by atoms with E-state index in [9.17, 15) is 4.79 Å². The summed E-state index contributed by atoms with van der Waals surface area (Å²) >= 11 is 6.02. The normalized spacial score (nSPS) is 10.1. The monoisotopic (exact) mass is 306 g/mol. The van der Waals surface area contributed by atoms with E-state index in [4.69, 9.17) is 21.1 Å². The fourth-order valence-corrected chi connectivity index (χ4v) is 2.04. The molecule has 0 atom stereocenters. The van der Waals surface area contributed by atoms with E-state index in [-0.39, 0.29) is 5.91 Å². The van der Waals surface area contributed by atoms with Crippen LogP contribution in [-0.4, -0.2) is 25.1 Å². The molecule has 1 heterocycles. The average Bonchev–Trinajstić information content (AvgIpc) is 2.48. The van der Waals surface area contributed by atoms with Crippen molar-refractivity contribution in [3.63, 3.8) is 0 Å². The molecule has 6 heteroatoms. The van der Waals surface area contributed by atoms with Gasteiger partial charge in [0.25, 0.3) is 5.91 Å². The first kappa shape index (κ1) is 15.1. The molecular formula is C15H15ClN2O3. The Labute approximate surface area is 127 Å². The predicted molar refractivity (Wildman–Crippen MR) is 81.5 cm³/mol. The van der Waals surface area contributed by atoms with Gasteiger partial charge >= 0.3 is 0 Å². The number of hydrogen-bond donors (Lipinski definition) is 1. The number of hydrogen-bond acceptors (Lipinski definition) is 4. The molecule has 0 bridgehead atoms. The van der Waals surface area contributed by atoms with Crippen molar-refractivity contribution in [3.8, 4) is 11.5 Å². The zero-order chi connectivity index (χ0) is 15.4. The molecule has 110 valence electrons. The molecule has 0 unspecified atom stereocenters. The van der Waals surface area contributed by atoms with Crippen LogP contribution in [0.15, 0.2) is 30.3 Å². The third-order valence-corrected chi connectivity index (χ3v) is 3.14. The number of halogens is 1. The Kier molecular flexibility index (Phi) is 4.65. The maximum atomic E-state index is 12.2. The van der Waals surface area contributed by atoms with Crippen molar-refractivity contribution in [1.82, 2.24) is 4.98 Å². The molecular weight excluding hydrogens is 292 g/mol. The largest absolute Gasteiger partial charge is 0.495 e. The number of benzene rings is 1. The van der Waals surface area contributed by atoms with Crippen LogP contribution in [0.1, 0.15) is 16.2 Å². The van der Waals surface area contributed by atoms with Crippen molar-refractivity contribution < 1.29 is 14.3 Å². The van der Waals surface area contributed by atoms with Crippen LogP contribution in [0.3, 0.4) is 0 Å². The van der Waals surface area contributed by atoms with Crippen LogP contribution in [0.2, 0.25) is 5.02 Å². The summed E-state index contributed by atoms with van der Waals surface area (Å²) in [6.45, 7) is 1.82. The summed E-state index contributed by atoms with van der Waals surface area (Å²) in [6, 6.07) is 8.43. The Balaban J connectivity index is 2.32. The zero-order valence-electron chi connectivity index (χ0n) is 11.9. The maximum Gasteiger partial charge on any atom is 0.274 e. The van der Waals surface area contributed by atoms with Crippen molar-refractivity contribution in [2.24, 2.45) is 0 Å². The lowest BCUT2D eigenvalue weighted by atomic mass is 10.2. The smallest absolute Gasteiger partial charge is 0.274 e. The van der Waals surface area contributed by atoms with Crippen LogP contribution >= 0.6 is 11.6 Å². The summed E-state index contributed by atoms with van der Waals surface area (Å²) in [5, 5.41) is 3.15. The number of ether oxygens (including phenoxy) is 2. The number of rotatable bonds is 4. The van der Waals surface area contributed by atoms with Crippen molar-refractivity contribution in [2.45, 2.75) is 6.92 Å². The van der Waals surface area contributed by atoms with Crippen molar-refractivity contribution in [3.05, 3.63) is 46.7 Å². The molecule has 21 heavy (non-hydrogen) atoms. The van der Waals surface area contributed by atoms with E-state index in [2.05, 4.69) is 10.3 Å². The van der Waals surface area contributed by atoms with E-state index in [1.54, 1.807) is 24.3 Å². The summed E-state index contributed by atoms with van der Waals surface area (Å²) in [5.41, 5.74) is 1.56. The molecule has 1 amide bonds. The Morgan fingerprint density at radius 2 is 1.90 bits per heavy atom. The van der Waals surface area contributed by atoms with Gasteiger partial charge in [-0.15, -0.1) is 0 Å². The Bertz CT molecular complexity index is 674. The molecule has 1 aromatic carbocycles. The van der Waals surface area contributed by atoms with Gasteiger partial charge in [0.1, 0.15) is 17.2 Å². The molecule has 0 saturated carbocycles. The third kappa shape index (κ3) is 3.44. The minimum absolute atomic E-state index is 0.325. The van der Waals surface area contributed by atoms with Crippen LogP contribution in [0.5, 0.6) is 11.5 Å². The molecule has 2 aromatic rings. The predicted octanol–water partition coefficient (Wildman–Crippen LogP) is 3.31. The summed E-state index contributed by atoms with van der Waals surface area (Å²) < 4.78 is 10.3. The molecule has 0 spiro atoms. The number of anilines is 1. The van der Waals surface area contributed by atoms with E-state index >= 15 is 0 Å². The molecule has 5 nitrogen and oxygen atoms in total. The molecule has 0 radical (unpaired) electrons. The highest BCUT2D eigenvalue weighted by molar-refractivity contribution is 6.32. The SMILES string of the molecule is COc1cc(NC(=O)c2cccc(C)n2)c(OC)cc1Cl. The Hall–Kier alpha value is -2.27. The molecule has 1 aromatic heterocycles. The van der Waals surface area contributed by atoms with Gasteiger partial charge in [-0.25, -0.2) is 4.98 Å². The lowest BCUT2D eigenvalue weighted by molar-refractivity contribution is 0.102. The first-order valence-electron chi connectivity index (χ1n) is 6.21. The number of carbonyl (C=O) groups is 1. The second kappa shape index (κ2) is 6.45. The molecule has 0 aliphatic rings. The Morgan fingerprint density at radius 3 is 2.52 bits per heavy atom. The van der Waals surface area contributed by atoms with E-state index in [0.29, 0.717) is 27.9 Å². The van der Waals surface area contributed by atoms with Crippen LogP contribution in [0, 0.1) is 6.92 Å². The molecule has 1 N–H and O–H groups in total. The van der Waals surface area contributed by atoms with Gasteiger partial charge in [-0.1, -0.05) is 17.7 Å². The lowest BCUT2D eigenvalue weighted by Crippen LogP contribution is -2.14. The highest BCUT2D eigenvalue weighted by Crippen LogP contribution is 2.35. The third-order valence-electron chi connectivity index (χ3n) is 2.84. The van der Waals surface area contributed by atoms with E-state index < -0.39 is 0 Å². The minimum Gasteiger partial charge on any atom is -0.495 e. The van der Waals surface area contributed by atoms with Crippen LogP contribution in [0.25, 0.3) is 0 Å². The van der Waals surface area contributed by atoms with E-state index in [1.165, 1.54) is 14.2 Å². The number of nitrogens with zero attached hydrogens (tertiary/aromatic N) is 1. The highest BCUT2D eigenvalue weighted by atomic mass is 35.5. The Morgan fingerprint density at radius 1 is 1.19 bits per heavy atom. The van der Waals surface area contributed by atoms with E-state index in [1.807, 2.05) is 13.0 Å². The van der Waals surface area contributed by atoms with Gasteiger partial charge in [0, 0.05) is 17.8 Å². The van der Waals surface area contributed by atoms with E-state index in [0.717, 1.165) is 5.69 Å². The number of aromatic nitrogens is 1. The average molecular weight is 307 g/mol. The van der Waals surface area contributed by atoms with Crippen molar-refractivity contribution in [1.29, 1.82) is 0 Å². The van der Waals surface area contributed by atoms with Gasteiger partial charge in [0.05, 0.1) is 24.9 Å². The molecule has 0 fully saturated rings. The summed E-state index contributed by atoms with van der Waals surface area (Å²) in [7, 11) is 3.00. The van der Waals surface area contributed by atoms with Crippen LogP contribution < -0.4 is 14.8 Å². The number of carbonyl (C=O) groups excluding carboxylic acids is 1. The number of pyridine rings is 1. The molecule has 0 aliphatic carbocycles. The molecule has 0 saturated heterocycles. The fourth-order valence-electron chi connectivity index (χ4n) is 1.81. The highest BCUT2D eigenvalue weighted by Gasteiger charge is 2.14. The first-order valence-corrected chi connectivity index (χ1v) is 6.59. The second-order valence-corrected chi connectivity index (χ2v) is 4.71. The fraction of sp³-hybridized carbons (Fsp3) is 0.200. The summed E-state index contributed by atoms with van der Waals surface area (Å²) in [4.78, 5) is 16.4. The number of nitrogens with one attached hydrogen (secondary N) is 1. The van der Waals surface area contributed by atoms with Gasteiger partial charge in [-0.2, -0.15) is 0 Å². The van der Waals surface area contributed by atoms with Gasteiger partial charge in [0.15, 0.2) is 0 Å². The number of amides is 1. The van der Waals surface area contributed by atoms with Crippen LogP contribution in [-0.2, 0) is 0 Å². The topological polar surface area (TPSA) is 60.5 Å².